The maximum atomic E-state index is 13.2. The zero-order chi connectivity index (χ0) is 21.7. The maximum Gasteiger partial charge on any atom is 0.227 e. The van der Waals surface area contributed by atoms with Crippen molar-refractivity contribution in [3.8, 4) is 0 Å². The van der Waals surface area contributed by atoms with Crippen LogP contribution < -0.4 is 0 Å². The third-order valence-corrected chi connectivity index (χ3v) is 6.65. The summed E-state index contributed by atoms with van der Waals surface area (Å²) in [4.78, 5) is 57.0. The van der Waals surface area contributed by atoms with Crippen molar-refractivity contribution in [2.45, 2.75) is 59.0 Å². The van der Waals surface area contributed by atoms with Gasteiger partial charge in [0.25, 0.3) is 0 Å². The van der Waals surface area contributed by atoms with Crippen molar-refractivity contribution >= 4 is 23.6 Å². The summed E-state index contributed by atoms with van der Waals surface area (Å²) >= 11 is 0. The van der Waals surface area contributed by atoms with Gasteiger partial charge in [0.2, 0.25) is 23.6 Å². The van der Waals surface area contributed by atoms with Crippen LogP contribution in [-0.2, 0) is 19.2 Å². The molecule has 3 aliphatic rings. The normalized spacial score (nSPS) is 28.2. The molecular weight excluding hydrogens is 372 g/mol. The molecular formula is C21H34N4O4. The van der Waals surface area contributed by atoms with Crippen molar-refractivity contribution in [1.82, 2.24) is 19.6 Å². The number of carbonyl (C=O) groups is 4. The van der Waals surface area contributed by atoms with Gasteiger partial charge in [0.15, 0.2) is 0 Å². The van der Waals surface area contributed by atoms with E-state index in [4.69, 9.17) is 0 Å². The monoisotopic (exact) mass is 406 g/mol. The lowest BCUT2D eigenvalue weighted by Gasteiger charge is -2.48. The second kappa shape index (κ2) is 7.29. The van der Waals surface area contributed by atoms with E-state index in [0.29, 0.717) is 45.7 Å². The van der Waals surface area contributed by atoms with E-state index < -0.39 is 11.1 Å². The first kappa shape index (κ1) is 21.6. The van der Waals surface area contributed by atoms with Gasteiger partial charge < -0.3 is 19.6 Å². The summed E-state index contributed by atoms with van der Waals surface area (Å²) < 4.78 is 0. The van der Waals surface area contributed by atoms with Crippen LogP contribution >= 0.6 is 0 Å². The first-order chi connectivity index (χ1) is 13.3. The second-order valence-electron chi connectivity index (χ2n) is 9.93. The van der Waals surface area contributed by atoms with E-state index in [0.717, 1.165) is 0 Å². The summed E-state index contributed by atoms with van der Waals surface area (Å²) in [5, 5.41) is 0. The number of carbonyl (C=O) groups excluding carboxylic acids is 4. The molecule has 8 heteroatoms. The highest BCUT2D eigenvalue weighted by atomic mass is 16.2. The largest absolute Gasteiger partial charge is 0.339 e. The molecule has 3 fully saturated rings. The highest BCUT2D eigenvalue weighted by molar-refractivity contribution is 5.93. The Morgan fingerprint density at radius 1 is 0.655 bits per heavy atom. The quantitative estimate of drug-likeness (QED) is 0.671. The fourth-order valence-corrected chi connectivity index (χ4v) is 4.81. The van der Waals surface area contributed by atoms with E-state index in [1.54, 1.807) is 23.6 Å². The van der Waals surface area contributed by atoms with Crippen LogP contribution in [-0.4, -0.2) is 93.6 Å². The highest BCUT2D eigenvalue weighted by Crippen LogP contribution is 2.44. The molecule has 1 aliphatic carbocycles. The van der Waals surface area contributed by atoms with E-state index in [2.05, 4.69) is 0 Å². The van der Waals surface area contributed by atoms with E-state index in [9.17, 15) is 19.2 Å². The number of rotatable bonds is 2. The third kappa shape index (κ3) is 4.12. The zero-order valence-electron chi connectivity index (χ0n) is 18.5. The molecule has 0 N–H and O–H groups in total. The summed E-state index contributed by atoms with van der Waals surface area (Å²) in [5.74, 6) is -0.443. The Morgan fingerprint density at radius 2 is 1.00 bits per heavy atom. The fourth-order valence-electron chi connectivity index (χ4n) is 4.81. The Morgan fingerprint density at radius 3 is 1.28 bits per heavy atom. The molecule has 0 aromatic carbocycles. The first-order valence-electron chi connectivity index (χ1n) is 10.5. The molecule has 2 saturated heterocycles. The molecule has 0 spiro atoms. The smallest absolute Gasteiger partial charge is 0.227 e. The van der Waals surface area contributed by atoms with Crippen LogP contribution in [0, 0.1) is 11.8 Å². The number of hydrogen-bond acceptors (Lipinski definition) is 4. The van der Waals surface area contributed by atoms with Crippen LogP contribution in [0.25, 0.3) is 0 Å². The van der Waals surface area contributed by atoms with Crippen molar-refractivity contribution in [2.75, 3.05) is 39.3 Å². The number of nitrogens with zero attached hydrogens (tertiary/aromatic N) is 4. The van der Waals surface area contributed by atoms with Gasteiger partial charge in [-0.15, -0.1) is 0 Å². The van der Waals surface area contributed by atoms with Crippen molar-refractivity contribution < 1.29 is 19.2 Å². The van der Waals surface area contributed by atoms with Crippen LogP contribution in [0.2, 0.25) is 0 Å². The van der Waals surface area contributed by atoms with Gasteiger partial charge in [0.05, 0.1) is 22.9 Å². The van der Waals surface area contributed by atoms with Crippen LogP contribution in [0.1, 0.15) is 48.0 Å². The fraction of sp³-hybridized carbons (Fsp3) is 0.810. The number of amides is 4. The SMILES string of the molecule is CC(=O)N1CCN(C(=O)C2CC2C(=O)N2CCN(C(C)=O)CC2(C)C)C(C)(C)C1. The average molecular weight is 407 g/mol. The lowest BCUT2D eigenvalue weighted by atomic mass is 9.96. The lowest BCUT2D eigenvalue weighted by Crippen LogP contribution is -2.63. The topological polar surface area (TPSA) is 81.2 Å². The molecule has 2 unspecified atom stereocenters. The number of hydrogen-bond donors (Lipinski definition) is 0. The molecule has 3 rings (SSSR count). The third-order valence-electron chi connectivity index (χ3n) is 6.65. The molecule has 4 amide bonds. The minimum absolute atomic E-state index is 0.0246. The second-order valence-corrected chi connectivity index (χ2v) is 9.93. The van der Waals surface area contributed by atoms with Gasteiger partial charge in [0.1, 0.15) is 0 Å². The predicted octanol–water partition coefficient (Wildman–Crippen LogP) is 0.561. The molecule has 2 atom stereocenters. The minimum Gasteiger partial charge on any atom is -0.339 e. The Balaban J connectivity index is 1.63. The molecule has 2 heterocycles. The standard InChI is InChI=1S/C21H34N4O4/c1-14(26)22-7-9-24(20(3,4)12-22)18(28)16-11-17(16)19(29)25-10-8-23(15(2)27)13-21(25,5)6/h16-17H,7-13H2,1-6H3. The van der Waals surface area contributed by atoms with Crippen LogP contribution in [0.15, 0.2) is 0 Å². The van der Waals surface area contributed by atoms with Gasteiger partial charge in [-0.05, 0) is 34.1 Å². The molecule has 0 aromatic rings. The van der Waals surface area contributed by atoms with E-state index >= 15 is 0 Å². The summed E-state index contributed by atoms with van der Waals surface area (Å²) in [6, 6.07) is 0. The maximum absolute atomic E-state index is 13.2. The highest BCUT2D eigenvalue weighted by Gasteiger charge is 2.55. The van der Waals surface area contributed by atoms with Crippen LogP contribution in [0.5, 0.6) is 0 Å². The Hall–Kier alpha value is -2.12. The van der Waals surface area contributed by atoms with Crippen LogP contribution in [0.3, 0.4) is 0 Å². The molecule has 0 bridgehead atoms. The minimum atomic E-state index is -0.441. The Bertz CT molecular complexity index is 672. The van der Waals surface area contributed by atoms with Gasteiger partial charge in [0, 0.05) is 53.1 Å². The predicted molar refractivity (Wildman–Crippen MR) is 108 cm³/mol. The number of piperazine rings is 2. The summed E-state index contributed by atoms with van der Waals surface area (Å²) in [7, 11) is 0. The van der Waals surface area contributed by atoms with Crippen molar-refractivity contribution in [3.05, 3.63) is 0 Å². The average Bonchev–Trinajstić information content (AvgIpc) is 3.39. The molecule has 0 radical (unpaired) electrons. The van der Waals surface area contributed by atoms with Crippen molar-refractivity contribution in [3.63, 3.8) is 0 Å². The van der Waals surface area contributed by atoms with Gasteiger partial charge in [-0.25, -0.2) is 0 Å². The first-order valence-corrected chi connectivity index (χ1v) is 10.5. The molecule has 2 aliphatic heterocycles. The van der Waals surface area contributed by atoms with E-state index in [1.165, 1.54) is 0 Å². The molecule has 8 nitrogen and oxygen atoms in total. The molecule has 29 heavy (non-hydrogen) atoms. The van der Waals surface area contributed by atoms with Crippen LogP contribution in [0.4, 0.5) is 0 Å². The summed E-state index contributed by atoms with van der Waals surface area (Å²) in [5.41, 5.74) is -0.882. The molecule has 0 aromatic heterocycles. The van der Waals surface area contributed by atoms with Gasteiger partial charge in [-0.3, -0.25) is 19.2 Å². The zero-order valence-corrected chi connectivity index (χ0v) is 18.5. The molecule has 162 valence electrons. The van der Waals surface area contributed by atoms with Gasteiger partial charge in [-0.2, -0.15) is 0 Å². The van der Waals surface area contributed by atoms with E-state index in [-0.39, 0.29) is 35.5 Å². The Labute approximate surface area is 173 Å². The van der Waals surface area contributed by atoms with Gasteiger partial charge in [-0.1, -0.05) is 0 Å². The summed E-state index contributed by atoms with van der Waals surface area (Å²) in [6.07, 6.45) is 0.587. The Kier molecular flexibility index (Phi) is 5.43. The van der Waals surface area contributed by atoms with Crippen molar-refractivity contribution in [2.24, 2.45) is 11.8 Å². The van der Waals surface area contributed by atoms with Gasteiger partial charge >= 0.3 is 0 Å². The van der Waals surface area contributed by atoms with Crippen molar-refractivity contribution in [1.29, 1.82) is 0 Å². The van der Waals surface area contributed by atoms with E-state index in [1.807, 2.05) is 37.5 Å². The molecule has 1 saturated carbocycles. The lowest BCUT2D eigenvalue weighted by molar-refractivity contribution is -0.151. The summed E-state index contributed by atoms with van der Waals surface area (Å²) in [6.45, 7) is 14.1.